The van der Waals surface area contributed by atoms with E-state index < -0.39 is 0 Å². The summed E-state index contributed by atoms with van der Waals surface area (Å²) >= 11 is 0. The molecule has 0 bridgehead atoms. The third-order valence-electron chi connectivity index (χ3n) is 3.47. The molecule has 82 valence electrons. The fourth-order valence-corrected chi connectivity index (χ4v) is 2.51. The van der Waals surface area contributed by atoms with Crippen LogP contribution in [0, 0.1) is 0 Å². The first-order valence-electron chi connectivity index (χ1n) is 5.25. The van der Waals surface area contributed by atoms with Crippen molar-refractivity contribution in [1.29, 1.82) is 0 Å². The molecule has 0 aromatic heterocycles. The highest BCUT2D eigenvalue weighted by atomic mass is 15.6. The van der Waals surface area contributed by atoms with Gasteiger partial charge in [-0.2, -0.15) is 0 Å². The summed E-state index contributed by atoms with van der Waals surface area (Å²) in [7, 11) is 4.05. The van der Waals surface area contributed by atoms with E-state index in [1.54, 1.807) is 0 Å². The molecule has 1 spiro atoms. The van der Waals surface area contributed by atoms with Crippen molar-refractivity contribution in [1.82, 2.24) is 10.0 Å². The quantitative estimate of drug-likeness (QED) is 0.648. The van der Waals surface area contributed by atoms with Gasteiger partial charge in [0, 0.05) is 37.8 Å². The zero-order valence-electron chi connectivity index (χ0n) is 9.38. The Hall–Kier alpha value is -1.81. The number of hydrazine groups is 1. The van der Waals surface area contributed by atoms with E-state index in [0.717, 1.165) is 17.0 Å². The third kappa shape index (κ3) is 0.900. The van der Waals surface area contributed by atoms with Crippen LogP contribution < -0.4 is 5.73 Å². The van der Waals surface area contributed by atoms with E-state index in [1.807, 2.05) is 43.5 Å². The second-order valence-electron chi connectivity index (χ2n) is 4.22. The zero-order chi connectivity index (χ0) is 11.3. The minimum absolute atomic E-state index is 0.303. The van der Waals surface area contributed by atoms with E-state index in [4.69, 9.17) is 5.73 Å². The number of rotatable bonds is 0. The van der Waals surface area contributed by atoms with Crippen molar-refractivity contribution in [3.8, 4) is 0 Å². The number of hydrogen-bond acceptors (Lipinski definition) is 4. The maximum atomic E-state index is 6.06. The van der Waals surface area contributed by atoms with Crippen molar-refractivity contribution in [2.75, 3.05) is 14.1 Å². The van der Waals surface area contributed by atoms with E-state index in [2.05, 4.69) is 22.3 Å². The van der Waals surface area contributed by atoms with E-state index in [-0.39, 0.29) is 5.54 Å². The van der Waals surface area contributed by atoms with Gasteiger partial charge in [0.05, 0.1) is 5.70 Å². The largest absolute Gasteiger partial charge is 0.398 e. The Labute approximate surface area is 94.7 Å². The Morgan fingerprint density at radius 3 is 2.94 bits per heavy atom. The number of likely N-dealkylation sites (N-methyl/N-ethyl adjacent to an activating group) is 1. The first-order chi connectivity index (χ1) is 7.66. The van der Waals surface area contributed by atoms with Crippen molar-refractivity contribution in [2.24, 2.45) is 10.7 Å². The van der Waals surface area contributed by atoms with Crippen LogP contribution in [0.1, 0.15) is 0 Å². The molecule has 0 saturated carbocycles. The lowest BCUT2D eigenvalue weighted by Gasteiger charge is -2.41. The van der Waals surface area contributed by atoms with Crippen LogP contribution in [0.5, 0.6) is 0 Å². The highest BCUT2D eigenvalue weighted by Gasteiger charge is 2.48. The third-order valence-corrected chi connectivity index (χ3v) is 3.47. The summed E-state index contributed by atoms with van der Waals surface area (Å²) in [6, 6.07) is 0. The molecule has 0 aromatic carbocycles. The minimum atomic E-state index is -0.303. The first-order valence-corrected chi connectivity index (χ1v) is 5.25. The molecule has 4 heteroatoms. The molecule has 0 fully saturated rings. The van der Waals surface area contributed by atoms with Gasteiger partial charge in [0.1, 0.15) is 5.54 Å². The molecular weight excluding hydrogens is 200 g/mol. The van der Waals surface area contributed by atoms with Gasteiger partial charge < -0.3 is 10.7 Å². The maximum Gasteiger partial charge on any atom is 0.129 e. The number of hydrogen-bond donors (Lipinski definition) is 1. The summed E-state index contributed by atoms with van der Waals surface area (Å²) in [4.78, 5) is 4.44. The van der Waals surface area contributed by atoms with Crippen molar-refractivity contribution in [3.05, 3.63) is 47.5 Å². The normalized spacial score (nSPS) is 31.9. The molecule has 2 aliphatic heterocycles. The first kappa shape index (κ1) is 9.42. The predicted octanol–water partition coefficient (Wildman–Crippen LogP) is 0.782. The van der Waals surface area contributed by atoms with Crippen LogP contribution in [0.15, 0.2) is 52.5 Å². The Morgan fingerprint density at radius 2 is 2.12 bits per heavy atom. The molecule has 1 aliphatic carbocycles. The Bertz CT molecular complexity index is 495. The number of allylic oxidation sites excluding steroid dienone is 3. The molecule has 0 amide bonds. The van der Waals surface area contributed by atoms with Crippen LogP contribution in [0.25, 0.3) is 0 Å². The highest BCUT2D eigenvalue weighted by Crippen LogP contribution is 2.44. The summed E-state index contributed by atoms with van der Waals surface area (Å²) in [6.45, 7) is 0. The molecule has 4 nitrogen and oxygen atoms in total. The van der Waals surface area contributed by atoms with Gasteiger partial charge in [0.2, 0.25) is 0 Å². The molecule has 0 saturated heterocycles. The number of dihydropyridines is 1. The average molecular weight is 214 g/mol. The monoisotopic (exact) mass is 214 g/mol. The summed E-state index contributed by atoms with van der Waals surface area (Å²) in [5.74, 6) is 0. The van der Waals surface area contributed by atoms with Crippen LogP contribution in [-0.2, 0) is 0 Å². The topological polar surface area (TPSA) is 44.9 Å². The number of nitrogens with zero attached hydrogens (tertiary/aromatic N) is 3. The smallest absolute Gasteiger partial charge is 0.129 e. The molecule has 0 radical (unpaired) electrons. The van der Waals surface area contributed by atoms with Crippen LogP contribution in [0.3, 0.4) is 0 Å². The van der Waals surface area contributed by atoms with Crippen LogP contribution in [0.2, 0.25) is 0 Å². The highest BCUT2D eigenvalue weighted by molar-refractivity contribution is 5.78. The second kappa shape index (κ2) is 2.86. The SMILES string of the molecule is CN1C=C2C(N)=CC=C3N=CC=CC32N1C. The molecule has 2 N–H and O–H groups in total. The summed E-state index contributed by atoms with van der Waals surface area (Å²) in [5, 5.41) is 4.18. The lowest BCUT2D eigenvalue weighted by atomic mass is 9.81. The van der Waals surface area contributed by atoms with Crippen LogP contribution >= 0.6 is 0 Å². The minimum Gasteiger partial charge on any atom is -0.398 e. The van der Waals surface area contributed by atoms with Crippen molar-refractivity contribution >= 4 is 6.21 Å². The second-order valence-corrected chi connectivity index (χ2v) is 4.22. The summed E-state index contributed by atoms with van der Waals surface area (Å²) in [5.41, 5.74) is 8.68. The van der Waals surface area contributed by atoms with E-state index in [0.29, 0.717) is 0 Å². The van der Waals surface area contributed by atoms with Gasteiger partial charge in [-0.3, -0.25) is 4.99 Å². The Morgan fingerprint density at radius 1 is 1.31 bits per heavy atom. The van der Waals surface area contributed by atoms with E-state index in [1.165, 1.54) is 0 Å². The van der Waals surface area contributed by atoms with Crippen molar-refractivity contribution in [2.45, 2.75) is 5.54 Å². The fraction of sp³-hybridized carbons (Fsp3) is 0.250. The zero-order valence-corrected chi connectivity index (χ0v) is 9.38. The van der Waals surface area contributed by atoms with Crippen molar-refractivity contribution in [3.63, 3.8) is 0 Å². The summed E-state index contributed by atoms with van der Waals surface area (Å²) in [6.07, 6.45) is 11.9. The lowest BCUT2D eigenvalue weighted by molar-refractivity contribution is 0.0511. The lowest BCUT2D eigenvalue weighted by Crippen LogP contribution is -2.50. The standard InChI is InChI=1S/C12H14N4/c1-15-8-9-10(13)4-5-11-12(9,16(15)2)6-3-7-14-11/h3-8H,13H2,1-2H3. The molecule has 3 rings (SSSR count). The molecule has 2 heterocycles. The number of aliphatic imine (C=N–C) groups is 1. The summed E-state index contributed by atoms with van der Waals surface area (Å²) < 4.78 is 0. The van der Waals surface area contributed by atoms with Crippen molar-refractivity contribution < 1.29 is 0 Å². The van der Waals surface area contributed by atoms with Gasteiger partial charge in [0.15, 0.2) is 0 Å². The van der Waals surface area contributed by atoms with Gasteiger partial charge in [-0.05, 0) is 18.2 Å². The van der Waals surface area contributed by atoms with Gasteiger partial charge in [-0.1, -0.05) is 6.08 Å². The molecule has 0 aromatic rings. The van der Waals surface area contributed by atoms with Gasteiger partial charge in [-0.15, -0.1) is 0 Å². The van der Waals surface area contributed by atoms with Gasteiger partial charge in [0.25, 0.3) is 0 Å². The molecular formula is C12H14N4. The predicted molar refractivity (Wildman–Crippen MR) is 64.3 cm³/mol. The fourth-order valence-electron chi connectivity index (χ4n) is 2.51. The van der Waals surface area contributed by atoms with E-state index >= 15 is 0 Å². The molecule has 16 heavy (non-hydrogen) atoms. The number of nitrogens with two attached hydrogens (primary N) is 1. The average Bonchev–Trinajstić information content (AvgIpc) is 2.55. The molecule has 3 aliphatic rings. The Balaban J connectivity index is 2.26. The van der Waals surface area contributed by atoms with Crippen LogP contribution in [-0.4, -0.2) is 35.9 Å². The molecule has 1 unspecified atom stereocenters. The Kier molecular flexibility index (Phi) is 1.68. The van der Waals surface area contributed by atoms with Crippen LogP contribution in [0.4, 0.5) is 0 Å². The molecule has 1 atom stereocenters. The van der Waals surface area contributed by atoms with E-state index in [9.17, 15) is 0 Å². The van der Waals surface area contributed by atoms with Gasteiger partial charge >= 0.3 is 0 Å². The maximum absolute atomic E-state index is 6.06. The van der Waals surface area contributed by atoms with Gasteiger partial charge in [-0.25, -0.2) is 5.01 Å².